The number of hydrogen-bond donors (Lipinski definition) is 1. The molecule has 19 heavy (non-hydrogen) atoms. The van der Waals surface area contributed by atoms with Gasteiger partial charge in [0.2, 0.25) is 5.75 Å². The van der Waals surface area contributed by atoms with E-state index >= 15 is 0 Å². The van der Waals surface area contributed by atoms with Crippen molar-refractivity contribution in [1.82, 2.24) is 0 Å². The summed E-state index contributed by atoms with van der Waals surface area (Å²) in [6.07, 6.45) is 0. The second kappa shape index (κ2) is 5.58. The molecule has 6 heteroatoms. The Hall–Kier alpha value is -2.27. The van der Waals surface area contributed by atoms with E-state index in [-0.39, 0.29) is 16.5 Å². The molecule has 0 fully saturated rings. The highest BCUT2D eigenvalue weighted by molar-refractivity contribution is 6.32. The molecule has 0 aliphatic carbocycles. The summed E-state index contributed by atoms with van der Waals surface area (Å²) in [6.45, 7) is 0. The minimum absolute atomic E-state index is 0.0476. The fraction of sp³-hybridized carbons (Fsp3) is 0.0769. The summed E-state index contributed by atoms with van der Waals surface area (Å²) in [6, 6.07) is 11.4. The normalized spacial score (nSPS) is 10.0. The third-order valence-corrected chi connectivity index (χ3v) is 2.80. The fourth-order valence-corrected chi connectivity index (χ4v) is 1.76. The van der Waals surface area contributed by atoms with Gasteiger partial charge in [-0.1, -0.05) is 17.7 Å². The summed E-state index contributed by atoms with van der Waals surface area (Å²) in [7, 11) is 1.80. The van der Waals surface area contributed by atoms with Crippen LogP contribution in [0.4, 0.5) is 11.4 Å². The first kappa shape index (κ1) is 13.2. The van der Waals surface area contributed by atoms with Crippen LogP contribution in [-0.2, 0) is 0 Å². The number of benzene rings is 2. The van der Waals surface area contributed by atoms with E-state index in [4.69, 9.17) is 16.3 Å². The minimum atomic E-state index is -0.525. The molecule has 0 aromatic heterocycles. The highest BCUT2D eigenvalue weighted by Crippen LogP contribution is 2.37. The quantitative estimate of drug-likeness (QED) is 0.676. The zero-order chi connectivity index (χ0) is 13.8. The Morgan fingerprint density at radius 1 is 1.21 bits per heavy atom. The standard InChI is InChI=1S/C13H11ClN2O3/c1-15-9-5-7-10(8-6-9)19-13-11(14)3-2-4-12(13)16(17)18/h2-8,15H,1H3. The second-order valence-corrected chi connectivity index (χ2v) is 4.13. The molecule has 2 aromatic rings. The molecule has 0 saturated heterocycles. The van der Waals surface area contributed by atoms with Crippen LogP contribution in [-0.4, -0.2) is 12.0 Å². The molecule has 2 rings (SSSR count). The van der Waals surface area contributed by atoms with Gasteiger partial charge in [0, 0.05) is 18.8 Å². The number of hydrogen-bond acceptors (Lipinski definition) is 4. The van der Waals surface area contributed by atoms with Gasteiger partial charge in [-0.05, 0) is 30.3 Å². The number of nitrogens with zero attached hydrogens (tertiary/aromatic N) is 1. The molecule has 0 radical (unpaired) electrons. The van der Waals surface area contributed by atoms with Crippen molar-refractivity contribution in [3.8, 4) is 11.5 Å². The maximum absolute atomic E-state index is 10.9. The van der Waals surface area contributed by atoms with Crippen LogP contribution in [0.2, 0.25) is 5.02 Å². The minimum Gasteiger partial charge on any atom is -0.449 e. The molecule has 0 spiro atoms. The molecular weight excluding hydrogens is 268 g/mol. The van der Waals surface area contributed by atoms with Crippen LogP contribution >= 0.6 is 11.6 Å². The molecule has 0 heterocycles. The Kier molecular flexibility index (Phi) is 3.87. The van der Waals surface area contributed by atoms with Crippen molar-refractivity contribution in [3.63, 3.8) is 0 Å². The number of anilines is 1. The molecule has 0 amide bonds. The fourth-order valence-electron chi connectivity index (χ4n) is 1.55. The lowest BCUT2D eigenvalue weighted by atomic mass is 10.3. The van der Waals surface area contributed by atoms with E-state index < -0.39 is 4.92 Å². The number of nitrogens with one attached hydrogen (secondary N) is 1. The third-order valence-electron chi connectivity index (χ3n) is 2.51. The number of nitro benzene ring substituents is 1. The first-order valence-corrected chi connectivity index (χ1v) is 5.88. The Morgan fingerprint density at radius 2 is 1.89 bits per heavy atom. The number of ether oxygens (including phenoxy) is 1. The lowest BCUT2D eigenvalue weighted by molar-refractivity contribution is -0.385. The monoisotopic (exact) mass is 278 g/mol. The second-order valence-electron chi connectivity index (χ2n) is 3.72. The van der Waals surface area contributed by atoms with E-state index in [1.54, 1.807) is 37.4 Å². The summed E-state index contributed by atoms with van der Waals surface area (Å²) < 4.78 is 5.50. The molecule has 2 aromatic carbocycles. The van der Waals surface area contributed by atoms with E-state index in [1.165, 1.54) is 12.1 Å². The zero-order valence-electron chi connectivity index (χ0n) is 10.1. The molecule has 1 N–H and O–H groups in total. The van der Waals surface area contributed by atoms with Crippen molar-refractivity contribution in [2.75, 3.05) is 12.4 Å². The van der Waals surface area contributed by atoms with Crippen LogP contribution in [0.25, 0.3) is 0 Å². The van der Waals surface area contributed by atoms with Gasteiger partial charge in [0.05, 0.1) is 9.95 Å². The molecule has 0 aliphatic heterocycles. The van der Waals surface area contributed by atoms with Gasteiger partial charge in [-0.2, -0.15) is 0 Å². The van der Waals surface area contributed by atoms with Gasteiger partial charge in [-0.15, -0.1) is 0 Å². The van der Waals surface area contributed by atoms with Crippen LogP contribution in [0.1, 0.15) is 0 Å². The molecular formula is C13H11ClN2O3. The topological polar surface area (TPSA) is 64.4 Å². The maximum Gasteiger partial charge on any atom is 0.313 e. The summed E-state index contributed by atoms with van der Waals surface area (Å²) in [5.41, 5.74) is 0.756. The van der Waals surface area contributed by atoms with E-state index in [0.717, 1.165) is 5.69 Å². The molecule has 0 aliphatic rings. The van der Waals surface area contributed by atoms with E-state index in [1.807, 2.05) is 0 Å². The molecule has 0 unspecified atom stereocenters. The van der Waals surface area contributed by atoms with Gasteiger partial charge >= 0.3 is 5.69 Å². The first-order valence-electron chi connectivity index (χ1n) is 5.50. The Morgan fingerprint density at radius 3 is 2.47 bits per heavy atom. The van der Waals surface area contributed by atoms with Crippen molar-refractivity contribution in [1.29, 1.82) is 0 Å². The molecule has 98 valence electrons. The summed E-state index contributed by atoms with van der Waals surface area (Å²) in [5, 5.41) is 14.1. The van der Waals surface area contributed by atoms with Gasteiger partial charge in [0.1, 0.15) is 5.75 Å². The third kappa shape index (κ3) is 2.95. The van der Waals surface area contributed by atoms with E-state index in [9.17, 15) is 10.1 Å². The number of para-hydroxylation sites is 1. The van der Waals surface area contributed by atoms with E-state index in [0.29, 0.717) is 5.75 Å². The van der Waals surface area contributed by atoms with Crippen LogP contribution < -0.4 is 10.1 Å². The van der Waals surface area contributed by atoms with Gasteiger partial charge in [0.25, 0.3) is 0 Å². The van der Waals surface area contributed by atoms with Crippen LogP contribution in [0.3, 0.4) is 0 Å². The summed E-state index contributed by atoms with van der Waals surface area (Å²) in [4.78, 5) is 10.4. The zero-order valence-corrected chi connectivity index (χ0v) is 10.8. The van der Waals surface area contributed by atoms with Gasteiger partial charge in [-0.25, -0.2) is 0 Å². The summed E-state index contributed by atoms with van der Waals surface area (Å²) in [5.74, 6) is 0.529. The highest BCUT2D eigenvalue weighted by Gasteiger charge is 2.18. The van der Waals surface area contributed by atoms with Crippen molar-refractivity contribution in [3.05, 3.63) is 57.6 Å². The molecule has 5 nitrogen and oxygen atoms in total. The number of halogens is 1. The lowest BCUT2D eigenvalue weighted by Gasteiger charge is -2.08. The van der Waals surface area contributed by atoms with Crippen molar-refractivity contribution in [2.24, 2.45) is 0 Å². The predicted molar refractivity (Wildman–Crippen MR) is 74.2 cm³/mol. The van der Waals surface area contributed by atoms with Gasteiger partial charge < -0.3 is 10.1 Å². The van der Waals surface area contributed by atoms with Gasteiger partial charge in [-0.3, -0.25) is 10.1 Å². The SMILES string of the molecule is CNc1ccc(Oc2c(Cl)cccc2[N+](=O)[O-])cc1. The van der Waals surface area contributed by atoms with Crippen molar-refractivity contribution in [2.45, 2.75) is 0 Å². The average molecular weight is 279 g/mol. The molecule has 0 bridgehead atoms. The van der Waals surface area contributed by atoms with Crippen molar-refractivity contribution >= 4 is 23.0 Å². The largest absolute Gasteiger partial charge is 0.449 e. The Labute approximate surface area is 114 Å². The van der Waals surface area contributed by atoms with Crippen LogP contribution in [0.5, 0.6) is 11.5 Å². The van der Waals surface area contributed by atoms with E-state index in [2.05, 4.69) is 5.32 Å². The lowest BCUT2D eigenvalue weighted by Crippen LogP contribution is -1.94. The number of nitro groups is 1. The first-order chi connectivity index (χ1) is 9.11. The maximum atomic E-state index is 10.9. The van der Waals surface area contributed by atoms with Crippen molar-refractivity contribution < 1.29 is 9.66 Å². The predicted octanol–water partition coefficient (Wildman–Crippen LogP) is 4.08. The van der Waals surface area contributed by atoms with Crippen LogP contribution in [0.15, 0.2) is 42.5 Å². The average Bonchev–Trinajstić information content (AvgIpc) is 2.41. The molecule has 0 atom stereocenters. The Bertz CT molecular complexity index is 599. The Balaban J connectivity index is 2.34. The summed E-state index contributed by atoms with van der Waals surface area (Å²) >= 11 is 5.94. The smallest absolute Gasteiger partial charge is 0.313 e. The number of rotatable bonds is 4. The van der Waals surface area contributed by atoms with Crippen LogP contribution in [0, 0.1) is 10.1 Å². The molecule has 0 saturated carbocycles. The highest BCUT2D eigenvalue weighted by atomic mass is 35.5. The van der Waals surface area contributed by atoms with Gasteiger partial charge in [0.15, 0.2) is 0 Å².